The van der Waals surface area contributed by atoms with Crippen molar-refractivity contribution in [2.75, 3.05) is 21.3 Å². The highest BCUT2D eigenvalue weighted by molar-refractivity contribution is 5.80. The minimum Gasteiger partial charge on any atom is -0.493 e. The number of nitrogens with one attached hydrogen (secondary N) is 1. The monoisotopic (exact) mass is 320 g/mol. The van der Waals surface area contributed by atoms with Crippen molar-refractivity contribution in [3.8, 4) is 23.3 Å². The van der Waals surface area contributed by atoms with Crippen molar-refractivity contribution in [1.29, 1.82) is 5.26 Å². The summed E-state index contributed by atoms with van der Waals surface area (Å²) in [5.74, 6) is 1.21. The summed E-state index contributed by atoms with van der Waals surface area (Å²) >= 11 is 0. The Kier molecular flexibility index (Phi) is 6.26. The summed E-state index contributed by atoms with van der Waals surface area (Å²) in [5.41, 5.74) is -0.196. The zero-order chi connectivity index (χ0) is 17.6. The second-order valence-electron chi connectivity index (χ2n) is 5.73. The van der Waals surface area contributed by atoms with E-state index in [2.05, 4.69) is 11.4 Å². The van der Waals surface area contributed by atoms with Crippen LogP contribution < -0.4 is 19.5 Å². The molecule has 0 fully saturated rings. The van der Waals surface area contributed by atoms with Gasteiger partial charge in [0.15, 0.2) is 11.5 Å². The minimum absolute atomic E-state index is 0.00334. The van der Waals surface area contributed by atoms with E-state index in [0.29, 0.717) is 22.8 Å². The Balaban J connectivity index is 3.01. The molecule has 6 nitrogen and oxygen atoms in total. The lowest BCUT2D eigenvalue weighted by Gasteiger charge is -2.27. The van der Waals surface area contributed by atoms with E-state index in [9.17, 15) is 10.1 Å². The Bertz CT molecular complexity index is 582. The van der Waals surface area contributed by atoms with E-state index in [-0.39, 0.29) is 18.2 Å². The average Bonchev–Trinajstić information content (AvgIpc) is 2.53. The summed E-state index contributed by atoms with van der Waals surface area (Å²) in [5, 5.41) is 12.1. The van der Waals surface area contributed by atoms with Gasteiger partial charge in [-0.1, -0.05) is 13.8 Å². The van der Waals surface area contributed by atoms with Crippen LogP contribution in [0.4, 0.5) is 0 Å². The van der Waals surface area contributed by atoms with Crippen molar-refractivity contribution < 1.29 is 19.0 Å². The first kappa shape index (κ1) is 18.6. The molecule has 0 aliphatic heterocycles. The van der Waals surface area contributed by atoms with E-state index in [4.69, 9.17) is 14.2 Å². The maximum atomic E-state index is 12.3. The molecule has 1 amide bonds. The maximum Gasteiger partial charge on any atom is 0.225 e. The van der Waals surface area contributed by atoms with E-state index < -0.39 is 5.54 Å². The highest BCUT2D eigenvalue weighted by Gasteiger charge is 2.30. The molecule has 1 aromatic rings. The maximum absolute atomic E-state index is 12.3. The zero-order valence-corrected chi connectivity index (χ0v) is 14.5. The van der Waals surface area contributed by atoms with Gasteiger partial charge in [-0.2, -0.15) is 5.26 Å². The Morgan fingerprint density at radius 3 is 2.09 bits per heavy atom. The van der Waals surface area contributed by atoms with Gasteiger partial charge in [0.2, 0.25) is 11.7 Å². The van der Waals surface area contributed by atoms with Gasteiger partial charge in [-0.3, -0.25) is 4.79 Å². The minimum atomic E-state index is -0.905. The molecule has 0 aliphatic rings. The van der Waals surface area contributed by atoms with Gasteiger partial charge in [-0.25, -0.2) is 0 Å². The Hall–Kier alpha value is -2.42. The zero-order valence-electron chi connectivity index (χ0n) is 14.5. The number of nitrogens with zero attached hydrogens (tertiary/aromatic N) is 1. The molecular formula is C17H24N2O4. The number of benzene rings is 1. The van der Waals surface area contributed by atoms with Gasteiger partial charge in [0.1, 0.15) is 5.54 Å². The molecule has 1 aromatic carbocycles. The van der Waals surface area contributed by atoms with Crippen LogP contribution in [0.5, 0.6) is 17.2 Å². The fourth-order valence-corrected chi connectivity index (χ4v) is 2.06. The Morgan fingerprint density at radius 1 is 1.22 bits per heavy atom. The molecule has 0 aromatic heterocycles. The molecular weight excluding hydrogens is 296 g/mol. The molecule has 0 saturated carbocycles. The molecule has 0 bridgehead atoms. The molecule has 0 unspecified atom stereocenters. The van der Waals surface area contributed by atoms with E-state index in [0.717, 1.165) is 0 Å². The van der Waals surface area contributed by atoms with Gasteiger partial charge in [0.25, 0.3) is 0 Å². The predicted octanol–water partition coefficient (Wildman–Crippen LogP) is 2.31. The van der Waals surface area contributed by atoms with Gasteiger partial charge in [-0.05, 0) is 30.5 Å². The summed E-state index contributed by atoms with van der Waals surface area (Å²) in [6.45, 7) is 5.50. The summed E-state index contributed by atoms with van der Waals surface area (Å²) in [7, 11) is 4.56. The predicted molar refractivity (Wildman–Crippen MR) is 86.8 cm³/mol. The van der Waals surface area contributed by atoms with Crippen molar-refractivity contribution in [2.45, 2.75) is 32.7 Å². The van der Waals surface area contributed by atoms with Crippen LogP contribution in [-0.4, -0.2) is 32.8 Å². The quantitative estimate of drug-likeness (QED) is 0.834. The lowest BCUT2D eigenvalue weighted by molar-refractivity contribution is -0.122. The number of rotatable bonds is 7. The van der Waals surface area contributed by atoms with E-state index in [1.807, 2.05) is 13.8 Å². The van der Waals surface area contributed by atoms with E-state index in [1.165, 1.54) is 21.3 Å². The van der Waals surface area contributed by atoms with Crippen molar-refractivity contribution in [1.82, 2.24) is 5.32 Å². The molecule has 1 N–H and O–H groups in total. The second-order valence-corrected chi connectivity index (χ2v) is 5.73. The molecule has 0 spiro atoms. The standard InChI is InChI=1S/C17H24N2O4/c1-11(2)17(3,10-18)19-15(20)9-12-7-13(21-4)16(23-6)14(8-12)22-5/h7-8,11H,9H2,1-6H3,(H,19,20)/t17-/m0/s1. The van der Waals surface area contributed by atoms with E-state index in [1.54, 1.807) is 19.1 Å². The van der Waals surface area contributed by atoms with Gasteiger partial charge in [0, 0.05) is 0 Å². The molecule has 23 heavy (non-hydrogen) atoms. The van der Waals surface area contributed by atoms with Crippen LogP contribution in [0.25, 0.3) is 0 Å². The van der Waals surface area contributed by atoms with Gasteiger partial charge in [-0.15, -0.1) is 0 Å². The first-order valence-electron chi connectivity index (χ1n) is 7.32. The van der Waals surface area contributed by atoms with Gasteiger partial charge >= 0.3 is 0 Å². The van der Waals surface area contributed by atoms with Crippen LogP contribution in [0.3, 0.4) is 0 Å². The third-order valence-electron chi connectivity index (χ3n) is 3.88. The smallest absolute Gasteiger partial charge is 0.225 e. The van der Waals surface area contributed by atoms with Crippen LogP contribution in [0, 0.1) is 17.2 Å². The summed E-state index contributed by atoms with van der Waals surface area (Å²) in [6, 6.07) is 5.60. The van der Waals surface area contributed by atoms with Crippen LogP contribution in [-0.2, 0) is 11.2 Å². The van der Waals surface area contributed by atoms with Crippen molar-refractivity contribution in [2.24, 2.45) is 5.92 Å². The molecule has 0 heterocycles. The largest absolute Gasteiger partial charge is 0.493 e. The number of ether oxygens (including phenoxy) is 3. The first-order valence-corrected chi connectivity index (χ1v) is 7.32. The number of amides is 1. The number of carbonyl (C=O) groups is 1. The number of methoxy groups -OCH3 is 3. The van der Waals surface area contributed by atoms with E-state index >= 15 is 0 Å². The molecule has 1 rings (SSSR count). The molecule has 0 aliphatic carbocycles. The van der Waals surface area contributed by atoms with Gasteiger partial charge in [0.05, 0.1) is 33.8 Å². The lowest BCUT2D eigenvalue weighted by atomic mass is 9.90. The summed E-state index contributed by atoms with van der Waals surface area (Å²) in [6.07, 6.45) is 0.112. The molecule has 126 valence electrons. The number of nitriles is 1. The van der Waals surface area contributed by atoms with Crippen LogP contribution in [0.2, 0.25) is 0 Å². The van der Waals surface area contributed by atoms with Crippen molar-refractivity contribution >= 4 is 5.91 Å². The molecule has 0 saturated heterocycles. The molecule has 1 atom stereocenters. The molecule has 0 radical (unpaired) electrons. The molecule has 6 heteroatoms. The number of hydrogen-bond donors (Lipinski definition) is 1. The third kappa shape index (κ3) is 4.28. The lowest BCUT2D eigenvalue weighted by Crippen LogP contribution is -2.49. The van der Waals surface area contributed by atoms with Crippen molar-refractivity contribution in [3.05, 3.63) is 17.7 Å². The SMILES string of the molecule is COc1cc(CC(=O)N[C@@](C)(C#N)C(C)C)cc(OC)c1OC. The van der Waals surface area contributed by atoms with Crippen LogP contribution in [0.1, 0.15) is 26.3 Å². The fraction of sp³-hybridized carbons (Fsp3) is 0.529. The van der Waals surface area contributed by atoms with Crippen LogP contribution >= 0.6 is 0 Å². The number of carbonyl (C=O) groups excluding carboxylic acids is 1. The van der Waals surface area contributed by atoms with Gasteiger partial charge < -0.3 is 19.5 Å². The third-order valence-corrected chi connectivity index (χ3v) is 3.88. The normalized spacial score (nSPS) is 13.0. The summed E-state index contributed by atoms with van der Waals surface area (Å²) in [4.78, 5) is 12.3. The Morgan fingerprint density at radius 2 is 1.74 bits per heavy atom. The highest BCUT2D eigenvalue weighted by Crippen LogP contribution is 2.38. The topological polar surface area (TPSA) is 80.6 Å². The Labute approximate surface area is 137 Å². The summed E-state index contributed by atoms with van der Waals surface area (Å²) < 4.78 is 15.8. The number of hydrogen-bond acceptors (Lipinski definition) is 5. The fourth-order valence-electron chi connectivity index (χ4n) is 2.06. The van der Waals surface area contributed by atoms with Crippen LogP contribution in [0.15, 0.2) is 12.1 Å². The second kappa shape index (κ2) is 7.73. The average molecular weight is 320 g/mol. The van der Waals surface area contributed by atoms with Crippen molar-refractivity contribution in [3.63, 3.8) is 0 Å². The highest BCUT2D eigenvalue weighted by atomic mass is 16.5. The first-order chi connectivity index (χ1) is 10.8.